The largest absolute Gasteiger partial charge is 1.00 e. The number of aryl methyl sites for hydroxylation is 1. The SMILES string of the molecule is C[N+](C)(C)CCNC(=O)c1ccc(-c2ccc(OCCCc3ccccc3)cc2)cc1.[I-]. The molecule has 0 aliphatic rings. The molecule has 3 aromatic carbocycles. The minimum atomic E-state index is -0.0285. The van der Waals surface area contributed by atoms with E-state index < -0.39 is 0 Å². The monoisotopic (exact) mass is 544 g/mol. The molecule has 0 radical (unpaired) electrons. The number of hydrogen-bond acceptors (Lipinski definition) is 2. The standard InChI is InChI=1S/C27H32N2O2.HI/c1-29(2,3)20-19-28-27(30)25-13-11-23(12-14-25)24-15-17-26(18-16-24)31-21-7-10-22-8-5-4-6-9-22;/h4-6,8-9,11-18H,7,10,19-21H2,1-3H3;1H. The Morgan fingerprint density at radius 3 is 2.03 bits per heavy atom. The summed E-state index contributed by atoms with van der Waals surface area (Å²) in [6.45, 7) is 2.26. The fraction of sp³-hybridized carbons (Fsp3) is 0.296. The maximum Gasteiger partial charge on any atom is 0.251 e. The normalized spacial score (nSPS) is 10.8. The molecule has 4 nitrogen and oxygen atoms in total. The van der Waals surface area contributed by atoms with E-state index in [1.54, 1.807) is 0 Å². The molecule has 0 aliphatic carbocycles. The second-order valence-electron chi connectivity index (χ2n) is 8.81. The molecule has 3 rings (SSSR count). The van der Waals surface area contributed by atoms with Gasteiger partial charge in [-0.05, 0) is 53.8 Å². The Balaban J connectivity index is 0.00000363. The second kappa shape index (κ2) is 12.6. The molecule has 1 amide bonds. The summed E-state index contributed by atoms with van der Waals surface area (Å²) in [6.07, 6.45) is 2.01. The van der Waals surface area contributed by atoms with Gasteiger partial charge >= 0.3 is 0 Å². The zero-order valence-corrected chi connectivity index (χ0v) is 21.3. The highest BCUT2D eigenvalue weighted by Gasteiger charge is 2.10. The van der Waals surface area contributed by atoms with Gasteiger partial charge in [-0.25, -0.2) is 0 Å². The van der Waals surface area contributed by atoms with Crippen LogP contribution >= 0.6 is 0 Å². The van der Waals surface area contributed by atoms with Gasteiger partial charge in [0.2, 0.25) is 0 Å². The van der Waals surface area contributed by atoms with Gasteiger partial charge in [-0.3, -0.25) is 4.79 Å². The van der Waals surface area contributed by atoms with Crippen LogP contribution in [0.5, 0.6) is 5.75 Å². The first kappa shape index (κ1) is 25.9. The van der Waals surface area contributed by atoms with Crippen molar-refractivity contribution in [3.05, 3.63) is 90.0 Å². The third-order valence-electron chi connectivity index (χ3n) is 5.12. The Hall–Kier alpha value is -2.38. The van der Waals surface area contributed by atoms with Crippen LogP contribution in [0.4, 0.5) is 0 Å². The third kappa shape index (κ3) is 8.63. The molecule has 0 unspecified atom stereocenters. The molecule has 1 N–H and O–H groups in total. The topological polar surface area (TPSA) is 38.3 Å². The summed E-state index contributed by atoms with van der Waals surface area (Å²) >= 11 is 0. The number of carbonyl (C=O) groups excluding carboxylic acids is 1. The lowest BCUT2D eigenvalue weighted by Gasteiger charge is -2.23. The summed E-state index contributed by atoms with van der Waals surface area (Å²) < 4.78 is 6.70. The number of nitrogens with one attached hydrogen (secondary N) is 1. The number of halogens is 1. The molecule has 32 heavy (non-hydrogen) atoms. The third-order valence-corrected chi connectivity index (χ3v) is 5.12. The second-order valence-corrected chi connectivity index (χ2v) is 8.81. The number of carbonyl (C=O) groups is 1. The summed E-state index contributed by atoms with van der Waals surface area (Å²) in [4.78, 5) is 12.3. The number of benzene rings is 3. The summed E-state index contributed by atoms with van der Waals surface area (Å²) in [5, 5.41) is 2.99. The van der Waals surface area contributed by atoms with Crippen molar-refractivity contribution in [2.75, 3.05) is 40.8 Å². The molecule has 0 bridgehead atoms. The average Bonchev–Trinajstić information content (AvgIpc) is 2.77. The molecule has 0 aromatic heterocycles. The van der Waals surface area contributed by atoms with Crippen molar-refractivity contribution in [1.29, 1.82) is 0 Å². The Labute approximate surface area is 209 Å². The zero-order valence-electron chi connectivity index (χ0n) is 19.2. The Morgan fingerprint density at radius 1 is 0.844 bits per heavy atom. The molecule has 0 fully saturated rings. The molecule has 0 spiro atoms. The van der Waals surface area contributed by atoms with Gasteiger partial charge < -0.3 is 38.5 Å². The zero-order chi connectivity index (χ0) is 22.1. The van der Waals surface area contributed by atoms with Crippen LogP contribution in [0.25, 0.3) is 11.1 Å². The Kier molecular flexibility index (Phi) is 10.2. The Bertz CT molecular complexity index is 950. The van der Waals surface area contributed by atoms with Gasteiger partial charge in [0.15, 0.2) is 0 Å². The van der Waals surface area contributed by atoms with E-state index in [9.17, 15) is 4.79 Å². The first-order valence-electron chi connectivity index (χ1n) is 10.9. The molecule has 0 saturated heterocycles. The first-order chi connectivity index (χ1) is 14.9. The predicted octanol–water partition coefficient (Wildman–Crippen LogP) is 1.81. The smallest absolute Gasteiger partial charge is 0.251 e. The lowest BCUT2D eigenvalue weighted by atomic mass is 10.0. The molecule has 3 aromatic rings. The fourth-order valence-electron chi connectivity index (χ4n) is 3.28. The lowest BCUT2D eigenvalue weighted by Crippen LogP contribution is -3.00. The van der Waals surface area contributed by atoms with Crippen LogP contribution in [0.1, 0.15) is 22.3 Å². The highest BCUT2D eigenvalue weighted by atomic mass is 127. The number of rotatable bonds is 10. The Morgan fingerprint density at radius 2 is 1.44 bits per heavy atom. The minimum absolute atomic E-state index is 0. The summed E-state index contributed by atoms with van der Waals surface area (Å²) in [5.41, 5.74) is 4.21. The average molecular weight is 544 g/mol. The number of quaternary nitrogens is 1. The van der Waals surface area contributed by atoms with Gasteiger partial charge in [-0.2, -0.15) is 0 Å². The molecule has 0 saturated carbocycles. The summed E-state index contributed by atoms with van der Waals surface area (Å²) in [5.74, 6) is 0.851. The van der Waals surface area contributed by atoms with E-state index in [0.717, 1.165) is 40.7 Å². The molecule has 0 heterocycles. The van der Waals surface area contributed by atoms with Crippen molar-refractivity contribution in [3.63, 3.8) is 0 Å². The molecule has 0 atom stereocenters. The van der Waals surface area contributed by atoms with Crippen LogP contribution in [0.2, 0.25) is 0 Å². The van der Waals surface area contributed by atoms with Crippen LogP contribution in [-0.4, -0.2) is 51.2 Å². The van der Waals surface area contributed by atoms with E-state index in [1.807, 2.05) is 42.5 Å². The van der Waals surface area contributed by atoms with E-state index in [2.05, 4.69) is 62.9 Å². The minimum Gasteiger partial charge on any atom is -1.00 e. The fourth-order valence-corrected chi connectivity index (χ4v) is 3.28. The number of likely N-dealkylation sites (N-methyl/N-ethyl adjacent to an activating group) is 1. The summed E-state index contributed by atoms with van der Waals surface area (Å²) in [7, 11) is 6.34. The van der Waals surface area contributed by atoms with Gasteiger partial charge in [0.05, 0.1) is 40.8 Å². The van der Waals surface area contributed by atoms with E-state index in [4.69, 9.17) is 4.74 Å². The van der Waals surface area contributed by atoms with Crippen molar-refractivity contribution >= 4 is 5.91 Å². The molecule has 5 heteroatoms. The van der Waals surface area contributed by atoms with Gasteiger partial charge in [0.1, 0.15) is 5.75 Å². The number of nitrogens with zero attached hydrogens (tertiary/aromatic N) is 1. The maximum atomic E-state index is 12.3. The van der Waals surface area contributed by atoms with E-state index >= 15 is 0 Å². The van der Waals surface area contributed by atoms with Crippen molar-refractivity contribution < 1.29 is 38.0 Å². The molecular weight excluding hydrogens is 511 g/mol. The maximum absolute atomic E-state index is 12.3. The summed E-state index contributed by atoms with van der Waals surface area (Å²) in [6, 6.07) is 26.3. The number of ether oxygens (including phenoxy) is 1. The van der Waals surface area contributed by atoms with Crippen LogP contribution in [0.15, 0.2) is 78.9 Å². The molecule has 0 aliphatic heterocycles. The van der Waals surface area contributed by atoms with Crippen molar-refractivity contribution in [3.8, 4) is 16.9 Å². The van der Waals surface area contributed by atoms with Crippen molar-refractivity contribution in [2.45, 2.75) is 12.8 Å². The quantitative estimate of drug-likeness (QED) is 0.240. The highest BCUT2D eigenvalue weighted by Crippen LogP contribution is 2.23. The highest BCUT2D eigenvalue weighted by molar-refractivity contribution is 5.94. The van der Waals surface area contributed by atoms with E-state index in [1.165, 1.54) is 5.56 Å². The van der Waals surface area contributed by atoms with Crippen molar-refractivity contribution in [2.24, 2.45) is 0 Å². The molecular formula is C27H33IN2O2. The van der Waals surface area contributed by atoms with Gasteiger partial charge in [0.25, 0.3) is 5.91 Å². The van der Waals surface area contributed by atoms with E-state index in [-0.39, 0.29) is 29.9 Å². The van der Waals surface area contributed by atoms with Gasteiger partial charge in [-0.15, -0.1) is 0 Å². The first-order valence-corrected chi connectivity index (χ1v) is 10.9. The lowest BCUT2D eigenvalue weighted by molar-refractivity contribution is -0.869. The van der Waals surface area contributed by atoms with E-state index in [0.29, 0.717) is 18.7 Å². The van der Waals surface area contributed by atoms with Crippen molar-refractivity contribution in [1.82, 2.24) is 5.32 Å². The molecule has 170 valence electrons. The predicted molar refractivity (Wildman–Crippen MR) is 127 cm³/mol. The van der Waals surface area contributed by atoms with Gasteiger partial charge in [0, 0.05) is 5.56 Å². The number of hydrogen-bond donors (Lipinski definition) is 1. The van der Waals surface area contributed by atoms with Crippen LogP contribution in [0, 0.1) is 0 Å². The number of amides is 1. The van der Waals surface area contributed by atoms with Crippen LogP contribution in [0.3, 0.4) is 0 Å². The van der Waals surface area contributed by atoms with Gasteiger partial charge in [-0.1, -0.05) is 54.6 Å². The van der Waals surface area contributed by atoms with Crippen LogP contribution in [-0.2, 0) is 6.42 Å². The van der Waals surface area contributed by atoms with Crippen LogP contribution < -0.4 is 34.0 Å².